The van der Waals surface area contributed by atoms with Crippen LogP contribution in [0.25, 0.3) is 0 Å². The molecule has 0 aliphatic rings. The molecular weight excluding hydrogens is 374 g/mol. The SMILES string of the molecule is CC(N)C(=O)NC(CCCN=C(N)N)C(=O)NC(C)C(=O)NC(CO)C(=O)O. The van der Waals surface area contributed by atoms with Gasteiger partial charge in [0, 0.05) is 6.54 Å². The summed E-state index contributed by atoms with van der Waals surface area (Å²) in [5, 5.41) is 24.7. The number of aliphatic carboxylic acids is 1. The van der Waals surface area contributed by atoms with Crippen molar-refractivity contribution in [1.82, 2.24) is 16.0 Å². The second-order valence-electron chi connectivity index (χ2n) is 6.11. The highest BCUT2D eigenvalue weighted by Gasteiger charge is 2.27. The fourth-order valence-corrected chi connectivity index (χ4v) is 1.94. The minimum absolute atomic E-state index is 0.109. The number of carbonyl (C=O) groups is 4. The summed E-state index contributed by atoms with van der Waals surface area (Å²) in [4.78, 5) is 50.9. The summed E-state index contributed by atoms with van der Waals surface area (Å²) in [6, 6.07) is -4.47. The number of nitrogens with two attached hydrogens (primary N) is 3. The van der Waals surface area contributed by atoms with Gasteiger partial charge in [-0.05, 0) is 26.7 Å². The van der Waals surface area contributed by atoms with Crippen molar-refractivity contribution in [1.29, 1.82) is 0 Å². The highest BCUT2D eigenvalue weighted by molar-refractivity contribution is 5.93. The van der Waals surface area contributed by atoms with Crippen LogP contribution >= 0.6 is 0 Å². The molecule has 13 heteroatoms. The molecule has 4 unspecified atom stereocenters. The first-order chi connectivity index (χ1) is 13.0. The van der Waals surface area contributed by atoms with E-state index in [0.717, 1.165) is 0 Å². The Balaban J connectivity index is 4.94. The van der Waals surface area contributed by atoms with Crippen molar-refractivity contribution in [2.24, 2.45) is 22.2 Å². The number of rotatable bonds is 12. The molecule has 4 atom stereocenters. The van der Waals surface area contributed by atoms with Gasteiger partial charge in [0.2, 0.25) is 17.7 Å². The summed E-state index contributed by atoms with van der Waals surface area (Å²) in [6.45, 7) is 2.20. The van der Waals surface area contributed by atoms with Crippen LogP contribution in [0.5, 0.6) is 0 Å². The molecule has 0 aliphatic heterocycles. The molecule has 13 nitrogen and oxygen atoms in total. The second-order valence-corrected chi connectivity index (χ2v) is 6.11. The third kappa shape index (κ3) is 9.68. The number of guanidine groups is 1. The van der Waals surface area contributed by atoms with Crippen LogP contribution in [0.3, 0.4) is 0 Å². The van der Waals surface area contributed by atoms with E-state index in [1.807, 2.05) is 0 Å². The molecule has 0 aliphatic carbocycles. The van der Waals surface area contributed by atoms with Crippen molar-refractivity contribution < 1.29 is 29.4 Å². The minimum atomic E-state index is -1.50. The normalized spacial score (nSPS) is 14.7. The summed E-state index contributed by atoms with van der Waals surface area (Å²) in [7, 11) is 0. The number of carboxylic acids is 1. The van der Waals surface area contributed by atoms with Gasteiger partial charge in [0.25, 0.3) is 0 Å². The zero-order chi connectivity index (χ0) is 21.9. The van der Waals surface area contributed by atoms with Crippen LogP contribution in [0.2, 0.25) is 0 Å². The Morgan fingerprint density at radius 3 is 2.00 bits per heavy atom. The third-order valence-corrected chi connectivity index (χ3v) is 3.54. The molecule has 0 fully saturated rings. The van der Waals surface area contributed by atoms with Crippen LogP contribution in [0, 0.1) is 0 Å². The number of carbonyl (C=O) groups excluding carboxylic acids is 3. The molecule has 0 heterocycles. The molecule has 0 aromatic rings. The summed E-state index contributed by atoms with van der Waals surface area (Å²) in [5.74, 6) is -3.57. The molecule has 11 N–H and O–H groups in total. The molecule has 0 radical (unpaired) electrons. The quantitative estimate of drug-likeness (QED) is 0.0897. The Bertz CT molecular complexity index is 591. The van der Waals surface area contributed by atoms with Crippen molar-refractivity contribution in [3.63, 3.8) is 0 Å². The van der Waals surface area contributed by atoms with Gasteiger partial charge in [-0.15, -0.1) is 0 Å². The van der Waals surface area contributed by atoms with Crippen LogP contribution in [-0.4, -0.2) is 77.2 Å². The second kappa shape index (κ2) is 12.5. The molecule has 0 saturated carbocycles. The topological polar surface area (TPSA) is 235 Å². The van der Waals surface area contributed by atoms with E-state index in [1.54, 1.807) is 0 Å². The number of aliphatic imine (C=N–C) groups is 1. The van der Waals surface area contributed by atoms with Crippen LogP contribution < -0.4 is 33.2 Å². The smallest absolute Gasteiger partial charge is 0.328 e. The van der Waals surface area contributed by atoms with E-state index >= 15 is 0 Å². The van der Waals surface area contributed by atoms with Gasteiger partial charge in [0.05, 0.1) is 12.6 Å². The van der Waals surface area contributed by atoms with Crippen LogP contribution in [0.4, 0.5) is 0 Å². The largest absolute Gasteiger partial charge is 0.480 e. The lowest BCUT2D eigenvalue weighted by molar-refractivity contribution is -0.143. The average molecular weight is 403 g/mol. The van der Waals surface area contributed by atoms with Gasteiger partial charge in [0.1, 0.15) is 18.1 Å². The number of nitrogens with one attached hydrogen (secondary N) is 3. The van der Waals surface area contributed by atoms with Crippen molar-refractivity contribution in [3.8, 4) is 0 Å². The van der Waals surface area contributed by atoms with Crippen molar-refractivity contribution in [3.05, 3.63) is 0 Å². The van der Waals surface area contributed by atoms with Gasteiger partial charge in [-0.2, -0.15) is 0 Å². The highest BCUT2D eigenvalue weighted by Crippen LogP contribution is 2.01. The Kier molecular flexibility index (Phi) is 11.2. The first kappa shape index (κ1) is 25.1. The number of aliphatic hydroxyl groups excluding tert-OH is 1. The Hall–Kier alpha value is -2.93. The monoisotopic (exact) mass is 403 g/mol. The molecule has 3 amide bonds. The van der Waals surface area contributed by atoms with Gasteiger partial charge >= 0.3 is 5.97 Å². The lowest BCUT2D eigenvalue weighted by Gasteiger charge is -2.22. The number of amides is 3. The van der Waals surface area contributed by atoms with Crippen LogP contribution in [0.1, 0.15) is 26.7 Å². The van der Waals surface area contributed by atoms with E-state index in [4.69, 9.17) is 27.4 Å². The molecule has 160 valence electrons. The maximum absolute atomic E-state index is 12.4. The van der Waals surface area contributed by atoms with E-state index in [2.05, 4.69) is 20.9 Å². The molecule has 0 rings (SSSR count). The third-order valence-electron chi connectivity index (χ3n) is 3.54. The number of hydrogen-bond donors (Lipinski definition) is 8. The first-order valence-electron chi connectivity index (χ1n) is 8.55. The van der Waals surface area contributed by atoms with E-state index in [1.165, 1.54) is 13.8 Å². The minimum Gasteiger partial charge on any atom is -0.480 e. The Morgan fingerprint density at radius 2 is 1.54 bits per heavy atom. The fraction of sp³-hybridized carbons (Fsp3) is 0.667. The summed E-state index contributed by atoms with van der Waals surface area (Å²) >= 11 is 0. The Labute approximate surface area is 162 Å². The van der Waals surface area contributed by atoms with Crippen LogP contribution in [0.15, 0.2) is 4.99 Å². The zero-order valence-electron chi connectivity index (χ0n) is 15.8. The molecule has 28 heavy (non-hydrogen) atoms. The maximum Gasteiger partial charge on any atom is 0.328 e. The van der Waals surface area contributed by atoms with E-state index in [0.29, 0.717) is 6.42 Å². The Morgan fingerprint density at radius 1 is 0.964 bits per heavy atom. The van der Waals surface area contributed by atoms with E-state index in [-0.39, 0.29) is 18.9 Å². The van der Waals surface area contributed by atoms with Crippen molar-refractivity contribution >= 4 is 29.7 Å². The average Bonchev–Trinajstić information content (AvgIpc) is 2.60. The predicted octanol–water partition coefficient (Wildman–Crippen LogP) is -4.06. The lowest BCUT2D eigenvalue weighted by atomic mass is 10.1. The number of aliphatic hydroxyl groups is 1. The molecule has 0 aromatic carbocycles. The summed E-state index contributed by atoms with van der Waals surface area (Å²) in [6.07, 6.45) is 0.533. The molecule has 0 saturated heterocycles. The fourth-order valence-electron chi connectivity index (χ4n) is 1.94. The molecular formula is C15H29N7O6. The van der Waals surface area contributed by atoms with Gasteiger partial charge in [0.15, 0.2) is 5.96 Å². The molecule has 0 bridgehead atoms. The lowest BCUT2D eigenvalue weighted by Crippen LogP contribution is -2.56. The summed E-state index contributed by atoms with van der Waals surface area (Å²) < 4.78 is 0. The molecule has 0 aromatic heterocycles. The van der Waals surface area contributed by atoms with Gasteiger partial charge in [-0.1, -0.05) is 0 Å². The number of hydrogen-bond acceptors (Lipinski definition) is 7. The van der Waals surface area contributed by atoms with Gasteiger partial charge < -0.3 is 43.4 Å². The summed E-state index contributed by atoms with van der Waals surface area (Å²) in [5.41, 5.74) is 15.9. The van der Waals surface area contributed by atoms with Gasteiger partial charge in [-0.25, -0.2) is 4.79 Å². The van der Waals surface area contributed by atoms with Crippen LogP contribution in [-0.2, 0) is 19.2 Å². The van der Waals surface area contributed by atoms with Gasteiger partial charge in [-0.3, -0.25) is 19.4 Å². The number of carboxylic acid groups (broad SMARTS) is 1. The first-order valence-corrected chi connectivity index (χ1v) is 8.55. The van der Waals surface area contributed by atoms with Crippen molar-refractivity contribution in [2.75, 3.05) is 13.2 Å². The van der Waals surface area contributed by atoms with Crippen molar-refractivity contribution in [2.45, 2.75) is 50.9 Å². The number of nitrogens with zero attached hydrogens (tertiary/aromatic N) is 1. The maximum atomic E-state index is 12.4. The highest BCUT2D eigenvalue weighted by atomic mass is 16.4. The van der Waals surface area contributed by atoms with E-state index < -0.39 is 54.5 Å². The molecule has 0 spiro atoms. The standard InChI is InChI=1S/C15H29N7O6/c1-7(16)11(24)21-9(4-3-5-19-15(17)18)13(26)20-8(2)12(25)22-10(6-23)14(27)28/h7-10,23H,3-6,16H2,1-2H3,(H,20,26)(H,21,24)(H,22,25)(H,27,28)(H4,17,18,19). The predicted molar refractivity (Wildman–Crippen MR) is 99.7 cm³/mol. The van der Waals surface area contributed by atoms with E-state index in [9.17, 15) is 19.2 Å². The zero-order valence-corrected chi connectivity index (χ0v) is 15.8.